The number of hydrogen-bond donors (Lipinski definition) is 1. The third-order valence-electron chi connectivity index (χ3n) is 1.70. The molecule has 0 aliphatic carbocycles. The Morgan fingerprint density at radius 3 is 2.12 bits per heavy atom. The third kappa shape index (κ3) is 9.52. The molecule has 89 valence electrons. The zero-order valence-electron chi connectivity index (χ0n) is 10.1. The molecule has 0 spiro atoms. The Balaban J connectivity index is 0.000000293. The monoisotopic (exact) mass is 224 g/mol. The maximum absolute atomic E-state index is 9.75. The van der Waals surface area contributed by atoms with Crippen LogP contribution in [0.3, 0.4) is 0 Å². The highest BCUT2D eigenvalue weighted by atomic mass is 16.5. The number of hydrogen-bond acceptors (Lipinski definition) is 3. The molecule has 0 aliphatic heterocycles. The Bertz CT molecular complexity index is 262. The van der Waals surface area contributed by atoms with Crippen LogP contribution in [0.4, 0.5) is 0 Å². The first-order valence-electron chi connectivity index (χ1n) is 5.06. The molecule has 0 saturated carbocycles. The van der Waals surface area contributed by atoms with E-state index in [2.05, 4.69) is 25.8 Å². The molecule has 0 aliphatic rings. The summed E-state index contributed by atoms with van der Waals surface area (Å²) in [4.78, 5) is 0. The van der Waals surface area contributed by atoms with Crippen LogP contribution in [0.1, 0.15) is 0 Å². The van der Waals surface area contributed by atoms with E-state index in [4.69, 9.17) is 5.11 Å². The number of nitrogens with zero attached hydrogens (tertiary/aromatic N) is 1. The number of rotatable bonds is 4. The van der Waals surface area contributed by atoms with Crippen LogP contribution in [0.25, 0.3) is 0 Å². The van der Waals surface area contributed by atoms with Crippen LogP contribution in [0.2, 0.25) is 0 Å². The Hall–Kier alpha value is -1.04. The predicted octanol–water partition coefficient (Wildman–Crippen LogP) is -0.355. The summed E-state index contributed by atoms with van der Waals surface area (Å²) < 4.78 is 5.37. The number of aliphatic hydroxyl groups excluding tert-OH is 1. The largest absolute Gasteiger partial charge is 0.850 e. The first-order valence-corrected chi connectivity index (χ1v) is 5.06. The van der Waals surface area contributed by atoms with Crippen molar-refractivity contribution in [3.63, 3.8) is 0 Å². The van der Waals surface area contributed by atoms with E-state index in [1.165, 1.54) is 0 Å². The van der Waals surface area contributed by atoms with Gasteiger partial charge < -0.3 is 19.3 Å². The van der Waals surface area contributed by atoms with Gasteiger partial charge in [-0.1, -0.05) is 18.2 Å². The smallest absolute Gasteiger partial charge is 0.244 e. The fraction of sp³-hybridized carbons (Fsp3) is 0.455. The molecule has 0 saturated heterocycles. The Labute approximate surface area is 98.0 Å². The lowest BCUT2D eigenvalue weighted by molar-refractivity contribution is -0.870. The number of para-hydroxylation sites is 1. The van der Waals surface area contributed by atoms with Gasteiger partial charge >= 0.3 is 0 Å². The average molecular weight is 224 g/mol. The van der Waals surface area contributed by atoms with Crippen LogP contribution in [-0.4, -0.2) is 51.6 Å². The summed E-state index contributed by atoms with van der Waals surface area (Å²) in [5, 5.41) is 18.1. The summed E-state index contributed by atoms with van der Waals surface area (Å²) in [7, 11) is 6.57. The molecule has 1 N–H and O–H groups in total. The molecule has 1 rings (SSSR count). The minimum absolute atomic E-state index is 0.281. The zero-order valence-corrected chi connectivity index (χ0v) is 10.1. The van der Waals surface area contributed by atoms with Gasteiger partial charge in [-0.15, -0.1) is 0 Å². The van der Waals surface area contributed by atoms with E-state index in [1.807, 2.05) is 6.07 Å². The molecule has 0 amide bonds. The van der Waals surface area contributed by atoms with Crippen molar-refractivity contribution in [3.8, 4) is 5.75 Å². The Morgan fingerprint density at radius 1 is 1.25 bits per heavy atom. The zero-order chi connectivity index (χ0) is 12.4. The summed E-state index contributed by atoms with van der Waals surface area (Å²) in [5.74, 6) is 0.576. The molecule has 0 fully saturated rings. The molecule has 1 radical (unpaired) electrons. The van der Waals surface area contributed by atoms with Crippen LogP contribution in [-0.2, 0) is 0 Å². The maximum atomic E-state index is 9.75. The lowest BCUT2D eigenvalue weighted by Crippen LogP contribution is -2.36. The van der Waals surface area contributed by atoms with Gasteiger partial charge in [-0.05, 0) is 12.1 Å². The summed E-state index contributed by atoms with van der Waals surface area (Å²) >= 11 is 0. The van der Waals surface area contributed by atoms with Crippen molar-refractivity contribution >= 4 is 7.69 Å². The topological polar surface area (TPSA) is 52.5 Å². The van der Waals surface area contributed by atoms with Gasteiger partial charge in [-0.3, -0.25) is 0 Å². The second-order valence-electron chi connectivity index (χ2n) is 4.26. The average Bonchev–Trinajstić information content (AvgIpc) is 2.19. The van der Waals surface area contributed by atoms with E-state index < -0.39 is 0 Å². The standard InChI is InChI=1S/C6H5BO2.C5H14NO/c8-7-9-6-4-2-1-3-5-6;1-6(2,3)4-5-7/h1-5H;7H,4-5H2,1-3H3/q-1;+1. The molecular weight excluding hydrogens is 205 g/mol. The fourth-order valence-electron chi connectivity index (χ4n) is 0.855. The first kappa shape index (κ1) is 15.0. The van der Waals surface area contributed by atoms with Gasteiger partial charge in [0.25, 0.3) is 0 Å². The molecule has 0 atom stereocenters. The van der Waals surface area contributed by atoms with Crippen molar-refractivity contribution in [3.05, 3.63) is 30.3 Å². The van der Waals surface area contributed by atoms with E-state index in [0.29, 0.717) is 13.4 Å². The lowest BCUT2D eigenvalue weighted by Gasteiger charge is -2.21. The summed E-state index contributed by atoms with van der Waals surface area (Å²) in [6.07, 6.45) is 0. The first-order chi connectivity index (χ1) is 7.49. The van der Waals surface area contributed by atoms with E-state index in [1.54, 1.807) is 24.3 Å². The predicted molar refractivity (Wildman–Crippen MR) is 62.8 cm³/mol. The molecule has 0 bridgehead atoms. The normalized spacial score (nSPS) is 10.1. The second-order valence-corrected chi connectivity index (χ2v) is 4.26. The highest BCUT2D eigenvalue weighted by Crippen LogP contribution is 2.05. The third-order valence-corrected chi connectivity index (χ3v) is 1.70. The lowest BCUT2D eigenvalue weighted by atomic mass is 10.3. The van der Waals surface area contributed by atoms with Crippen molar-refractivity contribution < 1.29 is 19.3 Å². The number of aliphatic hydroxyl groups is 1. The molecule has 5 heteroatoms. The highest BCUT2D eigenvalue weighted by Gasteiger charge is 2.02. The number of quaternary nitrogens is 1. The quantitative estimate of drug-likeness (QED) is 0.561. The molecule has 0 unspecified atom stereocenters. The van der Waals surface area contributed by atoms with Gasteiger partial charge in [0.15, 0.2) is 0 Å². The van der Waals surface area contributed by atoms with Gasteiger partial charge in [-0.25, -0.2) is 0 Å². The minimum Gasteiger partial charge on any atom is -0.850 e. The van der Waals surface area contributed by atoms with E-state index in [-0.39, 0.29) is 6.61 Å². The maximum Gasteiger partial charge on any atom is 0.244 e. The number of likely N-dealkylation sites (N-methyl/N-ethyl adjacent to an activating group) is 1. The van der Waals surface area contributed by atoms with Gasteiger partial charge in [0.2, 0.25) is 7.69 Å². The van der Waals surface area contributed by atoms with Crippen LogP contribution < -0.4 is 9.68 Å². The second kappa shape index (κ2) is 8.16. The van der Waals surface area contributed by atoms with Crippen LogP contribution in [0, 0.1) is 0 Å². The van der Waals surface area contributed by atoms with Gasteiger partial charge in [0.05, 0.1) is 33.5 Å². The number of benzene rings is 1. The highest BCUT2D eigenvalue weighted by molar-refractivity contribution is 6.15. The minimum atomic E-state index is 0.281. The Morgan fingerprint density at radius 2 is 1.81 bits per heavy atom. The molecule has 4 nitrogen and oxygen atoms in total. The van der Waals surface area contributed by atoms with Gasteiger partial charge in [0, 0.05) is 0 Å². The van der Waals surface area contributed by atoms with E-state index in [0.717, 1.165) is 11.0 Å². The SMILES string of the molecule is C[N+](C)(C)CCO.[O-][B]Oc1ccccc1. The molecule has 1 aromatic rings. The summed E-state index contributed by atoms with van der Waals surface area (Å²) in [6.45, 7) is 1.11. The molecule has 0 heterocycles. The van der Waals surface area contributed by atoms with Crippen molar-refractivity contribution in [1.82, 2.24) is 0 Å². The van der Waals surface area contributed by atoms with Gasteiger partial charge in [0.1, 0.15) is 6.54 Å². The van der Waals surface area contributed by atoms with Crippen molar-refractivity contribution in [2.24, 2.45) is 0 Å². The molecule has 0 aromatic heterocycles. The van der Waals surface area contributed by atoms with Crippen molar-refractivity contribution in [2.75, 3.05) is 34.3 Å². The van der Waals surface area contributed by atoms with E-state index in [9.17, 15) is 5.02 Å². The van der Waals surface area contributed by atoms with Crippen molar-refractivity contribution in [1.29, 1.82) is 0 Å². The van der Waals surface area contributed by atoms with Gasteiger partial charge in [-0.2, -0.15) is 0 Å². The van der Waals surface area contributed by atoms with Crippen LogP contribution in [0.15, 0.2) is 30.3 Å². The summed E-state index contributed by atoms with van der Waals surface area (Å²) in [5.41, 5.74) is 0. The fourth-order valence-corrected chi connectivity index (χ4v) is 0.855. The molecule has 1 aromatic carbocycles. The van der Waals surface area contributed by atoms with Crippen LogP contribution in [0.5, 0.6) is 5.75 Å². The van der Waals surface area contributed by atoms with Crippen molar-refractivity contribution in [2.45, 2.75) is 0 Å². The van der Waals surface area contributed by atoms with Crippen LogP contribution >= 0.6 is 0 Å². The molecular formula is C11H19BNO3. The van der Waals surface area contributed by atoms with E-state index >= 15 is 0 Å². The Kier molecular flexibility index (Phi) is 7.63. The summed E-state index contributed by atoms with van der Waals surface area (Å²) in [6, 6.07) is 8.90. The molecule has 16 heavy (non-hydrogen) atoms.